The molecule has 0 aromatic carbocycles. The minimum Gasteiger partial charge on any atom is -0.340 e. The van der Waals surface area contributed by atoms with Crippen LogP contribution in [0.25, 0.3) is 0 Å². The van der Waals surface area contributed by atoms with Crippen LogP contribution >= 0.6 is 15.9 Å². The van der Waals surface area contributed by atoms with Gasteiger partial charge in [-0.15, -0.1) is 0 Å². The first-order valence-corrected chi connectivity index (χ1v) is 7.55. The van der Waals surface area contributed by atoms with Gasteiger partial charge in [-0.1, -0.05) is 19.8 Å². The predicted octanol–water partition coefficient (Wildman–Crippen LogP) is 3.85. The highest BCUT2D eigenvalue weighted by atomic mass is 79.9. The molecule has 0 atom stereocenters. The fraction of sp³-hybridized carbons (Fsp3) is 0.643. The molecule has 1 aliphatic carbocycles. The van der Waals surface area contributed by atoms with E-state index in [2.05, 4.69) is 27.4 Å². The quantitative estimate of drug-likeness (QED) is 0.732. The van der Waals surface area contributed by atoms with Gasteiger partial charge >= 0.3 is 0 Å². The fourth-order valence-corrected chi connectivity index (χ4v) is 2.61. The van der Waals surface area contributed by atoms with Gasteiger partial charge in [0.15, 0.2) is 0 Å². The Hall–Kier alpha value is -0.770. The van der Waals surface area contributed by atoms with Crippen molar-refractivity contribution in [1.82, 2.24) is 9.47 Å². The molecule has 18 heavy (non-hydrogen) atoms. The van der Waals surface area contributed by atoms with Crippen molar-refractivity contribution in [2.75, 3.05) is 13.6 Å². The minimum absolute atomic E-state index is 0.142. The number of rotatable bonds is 6. The van der Waals surface area contributed by atoms with Crippen molar-refractivity contribution in [2.45, 2.75) is 45.1 Å². The molecule has 1 aliphatic rings. The van der Waals surface area contributed by atoms with Crippen molar-refractivity contribution in [3.8, 4) is 0 Å². The molecule has 1 fully saturated rings. The molecular formula is C14H21BrN2O. The molecule has 3 nitrogen and oxygen atoms in total. The number of unbranched alkanes of at least 4 members (excludes halogenated alkanes) is 2. The molecule has 0 unspecified atom stereocenters. The Morgan fingerprint density at radius 3 is 2.83 bits per heavy atom. The average Bonchev–Trinajstić information content (AvgIpc) is 3.12. The van der Waals surface area contributed by atoms with Gasteiger partial charge in [0.2, 0.25) is 0 Å². The van der Waals surface area contributed by atoms with Gasteiger partial charge in [-0.05, 0) is 41.3 Å². The molecule has 1 saturated carbocycles. The summed E-state index contributed by atoms with van der Waals surface area (Å²) in [6, 6.07) is 2.48. The molecule has 100 valence electrons. The number of nitrogens with zero attached hydrogens (tertiary/aromatic N) is 2. The summed E-state index contributed by atoms with van der Waals surface area (Å²) in [5.74, 6) is 0.142. The summed E-state index contributed by atoms with van der Waals surface area (Å²) in [6.45, 7) is 3.03. The van der Waals surface area contributed by atoms with Crippen LogP contribution in [0.3, 0.4) is 0 Å². The van der Waals surface area contributed by atoms with Gasteiger partial charge in [-0.2, -0.15) is 0 Å². The maximum atomic E-state index is 12.4. The zero-order valence-electron chi connectivity index (χ0n) is 11.2. The van der Waals surface area contributed by atoms with E-state index in [9.17, 15) is 4.79 Å². The van der Waals surface area contributed by atoms with Gasteiger partial charge in [-0.25, -0.2) is 0 Å². The smallest absolute Gasteiger partial charge is 0.270 e. The molecule has 1 amide bonds. The third-order valence-electron chi connectivity index (χ3n) is 3.42. The van der Waals surface area contributed by atoms with Crippen molar-refractivity contribution in [3.63, 3.8) is 0 Å². The predicted molar refractivity (Wildman–Crippen MR) is 76.9 cm³/mol. The number of aromatic nitrogens is 1. The molecule has 0 spiro atoms. The summed E-state index contributed by atoms with van der Waals surface area (Å²) in [5, 5.41) is 0. The first-order chi connectivity index (χ1) is 8.63. The third kappa shape index (κ3) is 3.16. The van der Waals surface area contributed by atoms with Crippen LogP contribution in [0.15, 0.2) is 16.7 Å². The first kappa shape index (κ1) is 13.7. The van der Waals surface area contributed by atoms with E-state index in [1.165, 1.54) is 25.7 Å². The van der Waals surface area contributed by atoms with Crippen LogP contribution in [0, 0.1) is 0 Å². The zero-order chi connectivity index (χ0) is 13.1. The van der Waals surface area contributed by atoms with Gasteiger partial charge in [0.1, 0.15) is 5.69 Å². The van der Waals surface area contributed by atoms with E-state index in [1.54, 1.807) is 0 Å². The molecule has 1 aromatic heterocycles. The molecule has 0 radical (unpaired) electrons. The number of carbonyl (C=O) groups excluding carboxylic acids is 1. The summed E-state index contributed by atoms with van der Waals surface area (Å²) in [5.41, 5.74) is 0.823. The van der Waals surface area contributed by atoms with Crippen LogP contribution in [-0.4, -0.2) is 29.0 Å². The summed E-state index contributed by atoms with van der Waals surface area (Å²) < 4.78 is 3.13. The van der Waals surface area contributed by atoms with Crippen LogP contribution in [0.5, 0.6) is 0 Å². The van der Waals surface area contributed by atoms with Crippen LogP contribution in [0.4, 0.5) is 0 Å². The second kappa shape index (κ2) is 5.91. The Kier molecular flexibility index (Phi) is 4.49. The van der Waals surface area contributed by atoms with Gasteiger partial charge in [0.05, 0.1) is 0 Å². The third-order valence-corrected chi connectivity index (χ3v) is 3.85. The number of hydrogen-bond donors (Lipinski definition) is 0. The largest absolute Gasteiger partial charge is 0.340 e. The van der Waals surface area contributed by atoms with Crippen LogP contribution in [0.1, 0.15) is 55.6 Å². The van der Waals surface area contributed by atoms with Crippen LogP contribution < -0.4 is 0 Å². The van der Waals surface area contributed by atoms with Crippen molar-refractivity contribution in [3.05, 3.63) is 22.4 Å². The monoisotopic (exact) mass is 312 g/mol. The van der Waals surface area contributed by atoms with E-state index >= 15 is 0 Å². The average molecular weight is 313 g/mol. The van der Waals surface area contributed by atoms with Gasteiger partial charge in [0, 0.05) is 30.3 Å². The first-order valence-electron chi connectivity index (χ1n) is 6.76. The highest BCUT2D eigenvalue weighted by Crippen LogP contribution is 2.37. The normalized spacial score (nSPS) is 14.8. The minimum atomic E-state index is 0.142. The number of amides is 1. The molecule has 0 aliphatic heterocycles. The van der Waals surface area contributed by atoms with Gasteiger partial charge in [0.25, 0.3) is 5.91 Å². The topological polar surface area (TPSA) is 25.2 Å². The van der Waals surface area contributed by atoms with Gasteiger partial charge in [-0.3, -0.25) is 4.79 Å². The summed E-state index contributed by atoms with van der Waals surface area (Å²) in [4.78, 5) is 14.2. The lowest BCUT2D eigenvalue weighted by Crippen LogP contribution is -2.29. The summed E-state index contributed by atoms with van der Waals surface area (Å²) in [6.07, 6.45) is 7.88. The van der Waals surface area contributed by atoms with Crippen LogP contribution in [0.2, 0.25) is 0 Å². The zero-order valence-corrected chi connectivity index (χ0v) is 12.7. The highest BCUT2D eigenvalue weighted by Gasteiger charge is 2.28. The lowest BCUT2D eigenvalue weighted by atomic mass is 10.2. The van der Waals surface area contributed by atoms with Crippen molar-refractivity contribution in [1.29, 1.82) is 0 Å². The van der Waals surface area contributed by atoms with E-state index in [1.807, 2.05) is 24.2 Å². The molecule has 2 rings (SSSR count). The molecule has 4 heteroatoms. The lowest BCUT2D eigenvalue weighted by molar-refractivity contribution is 0.0782. The van der Waals surface area contributed by atoms with E-state index in [0.717, 1.165) is 23.1 Å². The van der Waals surface area contributed by atoms with Gasteiger partial charge < -0.3 is 9.47 Å². The Bertz CT molecular complexity index is 423. The maximum Gasteiger partial charge on any atom is 0.270 e. The molecule has 1 aromatic rings. The van der Waals surface area contributed by atoms with Crippen molar-refractivity contribution < 1.29 is 4.79 Å². The molecular weight excluding hydrogens is 292 g/mol. The Labute approximate surface area is 117 Å². The standard InChI is InChI=1S/C14H21BrN2O/c1-3-4-5-8-16(2)14(18)13-9-11(15)10-17(13)12-6-7-12/h9-10,12H,3-8H2,1-2H3. The number of halogens is 1. The molecule has 0 saturated heterocycles. The van der Waals surface area contributed by atoms with Crippen molar-refractivity contribution in [2.24, 2.45) is 0 Å². The maximum absolute atomic E-state index is 12.4. The Morgan fingerprint density at radius 1 is 1.50 bits per heavy atom. The van der Waals surface area contributed by atoms with Crippen LogP contribution in [-0.2, 0) is 0 Å². The Balaban J connectivity index is 2.03. The van der Waals surface area contributed by atoms with E-state index in [0.29, 0.717) is 6.04 Å². The van der Waals surface area contributed by atoms with E-state index in [4.69, 9.17) is 0 Å². The number of hydrogen-bond acceptors (Lipinski definition) is 1. The fourth-order valence-electron chi connectivity index (χ4n) is 2.17. The second-order valence-corrected chi connectivity index (χ2v) is 6.03. The van der Waals surface area contributed by atoms with E-state index in [-0.39, 0.29) is 5.91 Å². The molecule has 0 bridgehead atoms. The lowest BCUT2D eigenvalue weighted by Gasteiger charge is -2.18. The SMILES string of the molecule is CCCCCN(C)C(=O)c1cc(Br)cn1C1CC1. The summed E-state index contributed by atoms with van der Waals surface area (Å²) in [7, 11) is 1.90. The molecule has 0 N–H and O–H groups in total. The number of carbonyl (C=O) groups is 1. The molecule has 1 heterocycles. The summed E-state index contributed by atoms with van der Waals surface area (Å²) >= 11 is 3.47. The second-order valence-electron chi connectivity index (χ2n) is 5.12. The van der Waals surface area contributed by atoms with E-state index < -0.39 is 0 Å². The Morgan fingerprint density at radius 2 is 2.22 bits per heavy atom. The van der Waals surface area contributed by atoms with Crippen molar-refractivity contribution >= 4 is 21.8 Å². The highest BCUT2D eigenvalue weighted by molar-refractivity contribution is 9.10.